The summed E-state index contributed by atoms with van der Waals surface area (Å²) >= 11 is 5.99. The Hall–Kier alpha value is -1.74. The second kappa shape index (κ2) is 7.89. The molecule has 0 radical (unpaired) electrons. The van der Waals surface area contributed by atoms with Gasteiger partial charge in [0.1, 0.15) is 5.82 Å². The minimum atomic E-state index is -0.242. The van der Waals surface area contributed by atoms with Crippen molar-refractivity contribution in [2.45, 2.75) is 12.3 Å². The van der Waals surface area contributed by atoms with Crippen LogP contribution in [0.15, 0.2) is 48.5 Å². The molecule has 21 heavy (non-hydrogen) atoms. The van der Waals surface area contributed by atoms with E-state index >= 15 is 0 Å². The van der Waals surface area contributed by atoms with Crippen molar-refractivity contribution >= 4 is 11.6 Å². The molecule has 2 aromatic rings. The Bertz CT molecular complexity index is 574. The van der Waals surface area contributed by atoms with Crippen molar-refractivity contribution in [3.05, 3.63) is 59.9 Å². The minimum Gasteiger partial charge on any atom is -0.493 e. The Morgan fingerprint density at radius 1 is 1.10 bits per heavy atom. The van der Waals surface area contributed by atoms with Gasteiger partial charge < -0.3 is 9.47 Å². The fourth-order valence-electron chi connectivity index (χ4n) is 2.14. The van der Waals surface area contributed by atoms with Gasteiger partial charge in [0.15, 0.2) is 11.5 Å². The van der Waals surface area contributed by atoms with Gasteiger partial charge in [-0.15, -0.1) is 11.6 Å². The lowest BCUT2D eigenvalue weighted by atomic mass is 9.98. The highest BCUT2D eigenvalue weighted by Crippen LogP contribution is 2.27. The van der Waals surface area contributed by atoms with Gasteiger partial charge in [0.25, 0.3) is 0 Å². The van der Waals surface area contributed by atoms with E-state index in [0.717, 1.165) is 5.56 Å². The predicted molar refractivity (Wildman–Crippen MR) is 83.0 cm³/mol. The van der Waals surface area contributed by atoms with E-state index < -0.39 is 0 Å². The largest absolute Gasteiger partial charge is 0.493 e. The van der Waals surface area contributed by atoms with E-state index in [2.05, 4.69) is 0 Å². The molecule has 112 valence electrons. The fourth-order valence-corrected chi connectivity index (χ4v) is 2.48. The van der Waals surface area contributed by atoms with E-state index in [1.165, 1.54) is 12.1 Å². The molecule has 0 amide bonds. The van der Waals surface area contributed by atoms with Gasteiger partial charge in [-0.2, -0.15) is 0 Å². The highest BCUT2D eigenvalue weighted by atomic mass is 35.5. The number of benzene rings is 2. The van der Waals surface area contributed by atoms with E-state index in [1.54, 1.807) is 13.2 Å². The summed E-state index contributed by atoms with van der Waals surface area (Å²) in [5.41, 5.74) is 0.897. The summed E-state index contributed by atoms with van der Waals surface area (Å²) in [5.74, 6) is 1.65. The first kappa shape index (κ1) is 15.6. The molecule has 0 aromatic heterocycles. The standard InChI is InChI=1S/C17H18ClFO2/c1-20-16-7-2-3-8-17(16)21-10-9-14(12-18)13-5-4-6-15(19)11-13/h2-8,11,14H,9-10,12H2,1H3. The lowest BCUT2D eigenvalue weighted by Gasteiger charge is -2.16. The number of hydrogen-bond donors (Lipinski definition) is 0. The van der Waals surface area contributed by atoms with Crippen LogP contribution in [-0.2, 0) is 0 Å². The second-order valence-corrected chi connectivity index (χ2v) is 5.00. The maximum atomic E-state index is 13.3. The van der Waals surface area contributed by atoms with Crippen molar-refractivity contribution in [2.75, 3.05) is 19.6 Å². The lowest BCUT2D eigenvalue weighted by Crippen LogP contribution is -2.08. The van der Waals surface area contributed by atoms with Crippen molar-refractivity contribution in [2.24, 2.45) is 0 Å². The monoisotopic (exact) mass is 308 g/mol. The average molecular weight is 309 g/mol. The molecule has 2 nitrogen and oxygen atoms in total. The van der Waals surface area contributed by atoms with Crippen molar-refractivity contribution < 1.29 is 13.9 Å². The maximum Gasteiger partial charge on any atom is 0.161 e. The molecule has 0 aliphatic carbocycles. The van der Waals surface area contributed by atoms with Gasteiger partial charge in [0.05, 0.1) is 13.7 Å². The van der Waals surface area contributed by atoms with Crippen LogP contribution in [0.3, 0.4) is 0 Å². The van der Waals surface area contributed by atoms with Crippen molar-refractivity contribution in [3.63, 3.8) is 0 Å². The maximum absolute atomic E-state index is 13.3. The Morgan fingerprint density at radius 3 is 2.52 bits per heavy atom. The van der Waals surface area contributed by atoms with Gasteiger partial charge in [0.2, 0.25) is 0 Å². The quantitative estimate of drug-likeness (QED) is 0.695. The molecule has 1 unspecified atom stereocenters. The summed E-state index contributed by atoms with van der Waals surface area (Å²) in [6, 6.07) is 14.0. The molecular weight excluding hydrogens is 291 g/mol. The van der Waals surface area contributed by atoms with E-state index in [4.69, 9.17) is 21.1 Å². The topological polar surface area (TPSA) is 18.5 Å². The molecule has 0 fully saturated rings. The van der Waals surface area contributed by atoms with Crippen LogP contribution in [0.1, 0.15) is 17.9 Å². The Kier molecular flexibility index (Phi) is 5.88. The third-order valence-electron chi connectivity index (χ3n) is 3.30. The van der Waals surface area contributed by atoms with Gasteiger partial charge in [-0.1, -0.05) is 24.3 Å². The third-order valence-corrected chi connectivity index (χ3v) is 3.67. The Labute approximate surface area is 129 Å². The van der Waals surface area contributed by atoms with E-state index in [-0.39, 0.29) is 11.7 Å². The Balaban J connectivity index is 1.95. The summed E-state index contributed by atoms with van der Waals surface area (Å²) in [7, 11) is 1.61. The number of alkyl halides is 1. The highest BCUT2D eigenvalue weighted by Gasteiger charge is 2.12. The van der Waals surface area contributed by atoms with E-state index in [0.29, 0.717) is 30.4 Å². The van der Waals surface area contributed by atoms with Crippen molar-refractivity contribution in [1.29, 1.82) is 0 Å². The molecule has 0 heterocycles. The fraction of sp³-hybridized carbons (Fsp3) is 0.294. The zero-order valence-electron chi connectivity index (χ0n) is 11.9. The number of hydrogen-bond acceptors (Lipinski definition) is 2. The van der Waals surface area contributed by atoms with Crippen LogP contribution >= 0.6 is 11.6 Å². The molecular formula is C17H18ClFO2. The molecule has 0 spiro atoms. The van der Waals surface area contributed by atoms with Crippen LogP contribution in [0.2, 0.25) is 0 Å². The van der Waals surface area contributed by atoms with Crippen LogP contribution < -0.4 is 9.47 Å². The van der Waals surface area contributed by atoms with Gasteiger partial charge in [-0.25, -0.2) is 4.39 Å². The lowest BCUT2D eigenvalue weighted by molar-refractivity contribution is 0.282. The average Bonchev–Trinajstić information content (AvgIpc) is 2.52. The van der Waals surface area contributed by atoms with E-state index in [1.807, 2.05) is 30.3 Å². The number of methoxy groups -OCH3 is 1. The molecule has 0 saturated heterocycles. The Morgan fingerprint density at radius 2 is 1.86 bits per heavy atom. The number of ether oxygens (including phenoxy) is 2. The van der Waals surface area contributed by atoms with Crippen LogP contribution in [0.25, 0.3) is 0 Å². The summed E-state index contributed by atoms with van der Waals surface area (Å²) < 4.78 is 24.2. The smallest absolute Gasteiger partial charge is 0.161 e. The van der Waals surface area contributed by atoms with Crippen molar-refractivity contribution in [1.82, 2.24) is 0 Å². The number of para-hydroxylation sites is 2. The normalized spacial score (nSPS) is 12.0. The first-order valence-corrected chi connectivity index (χ1v) is 7.35. The minimum absolute atomic E-state index is 0.0667. The van der Waals surface area contributed by atoms with Crippen LogP contribution in [0, 0.1) is 5.82 Å². The van der Waals surface area contributed by atoms with Crippen LogP contribution in [0.4, 0.5) is 4.39 Å². The molecule has 1 atom stereocenters. The second-order valence-electron chi connectivity index (χ2n) is 4.69. The summed E-state index contributed by atoms with van der Waals surface area (Å²) in [4.78, 5) is 0. The zero-order chi connectivity index (χ0) is 15.1. The molecule has 0 aliphatic rings. The SMILES string of the molecule is COc1ccccc1OCCC(CCl)c1cccc(F)c1. The van der Waals surface area contributed by atoms with E-state index in [9.17, 15) is 4.39 Å². The number of halogens is 2. The third kappa shape index (κ3) is 4.36. The van der Waals surface area contributed by atoms with Crippen molar-refractivity contribution in [3.8, 4) is 11.5 Å². The summed E-state index contributed by atoms with van der Waals surface area (Å²) in [6.07, 6.45) is 0.713. The van der Waals surface area contributed by atoms with Gasteiger partial charge in [-0.3, -0.25) is 0 Å². The first-order valence-electron chi connectivity index (χ1n) is 6.82. The molecule has 0 N–H and O–H groups in total. The molecule has 2 rings (SSSR count). The predicted octanol–water partition coefficient (Wildman–Crippen LogP) is 4.63. The molecule has 0 aliphatic heterocycles. The summed E-state index contributed by atoms with van der Waals surface area (Å²) in [6.45, 7) is 0.494. The highest BCUT2D eigenvalue weighted by molar-refractivity contribution is 6.18. The van der Waals surface area contributed by atoms with Crippen LogP contribution in [-0.4, -0.2) is 19.6 Å². The van der Waals surface area contributed by atoms with Gasteiger partial charge >= 0.3 is 0 Å². The first-order chi connectivity index (χ1) is 10.2. The molecule has 0 saturated carbocycles. The van der Waals surface area contributed by atoms with Gasteiger partial charge in [-0.05, 0) is 36.2 Å². The van der Waals surface area contributed by atoms with Gasteiger partial charge in [0, 0.05) is 11.8 Å². The summed E-state index contributed by atoms with van der Waals surface area (Å²) in [5, 5.41) is 0. The molecule has 4 heteroatoms. The van der Waals surface area contributed by atoms with Crippen LogP contribution in [0.5, 0.6) is 11.5 Å². The number of rotatable bonds is 7. The molecule has 2 aromatic carbocycles. The molecule has 0 bridgehead atoms. The zero-order valence-corrected chi connectivity index (χ0v) is 12.6.